The molecule has 33 heavy (non-hydrogen) atoms. The molecule has 180 valence electrons. The van der Waals surface area contributed by atoms with Crippen molar-refractivity contribution in [1.82, 2.24) is 14.2 Å². The maximum Gasteiger partial charge on any atom is 0.260 e. The lowest BCUT2D eigenvalue weighted by Crippen LogP contribution is -2.36. The Hall–Kier alpha value is -2.11. The third-order valence-corrected chi connectivity index (χ3v) is 8.16. The van der Waals surface area contributed by atoms with Gasteiger partial charge in [0, 0.05) is 31.7 Å². The van der Waals surface area contributed by atoms with Crippen molar-refractivity contribution in [1.29, 1.82) is 0 Å². The Labute approximate surface area is 204 Å². The predicted octanol–water partition coefficient (Wildman–Crippen LogP) is 4.10. The van der Waals surface area contributed by atoms with E-state index in [1.165, 1.54) is 50.9 Å². The molecule has 0 radical (unpaired) electrons. The van der Waals surface area contributed by atoms with Gasteiger partial charge < -0.3 is 4.90 Å². The van der Waals surface area contributed by atoms with Crippen LogP contribution in [0.25, 0.3) is 10.2 Å². The van der Waals surface area contributed by atoms with Gasteiger partial charge >= 0.3 is 0 Å². The van der Waals surface area contributed by atoms with Gasteiger partial charge in [0.05, 0.1) is 9.60 Å². The van der Waals surface area contributed by atoms with E-state index in [1.807, 2.05) is 19.0 Å². The summed E-state index contributed by atoms with van der Waals surface area (Å²) in [7, 11) is 0.183. The minimum atomic E-state index is -3.61. The number of benzene rings is 2. The molecule has 0 unspecified atom stereocenters. The van der Waals surface area contributed by atoms with Crippen LogP contribution in [0.15, 0.2) is 47.4 Å². The fourth-order valence-corrected chi connectivity index (χ4v) is 5.70. The second-order valence-corrected chi connectivity index (χ2v) is 10.4. The van der Waals surface area contributed by atoms with Crippen molar-refractivity contribution in [2.24, 2.45) is 0 Å². The van der Waals surface area contributed by atoms with E-state index < -0.39 is 15.8 Å². The first kappa shape index (κ1) is 27.1. The van der Waals surface area contributed by atoms with Crippen LogP contribution in [-0.4, -0.2) is 68.8 Å². The maximum atomic E-state index is 14.2. The number of halogens is 2. The highest BCUT2D eigenvalue weighted by atomic mass is 35.5. The van der Waals surface area contributed by atoms with Crippen molar-refractivity contribution in [3.63, 3.8) is 0 Å². The molecular formula is C22H28ClFN4O3S2. The number of carbonyl (C=O) groups excluding carboxylic acids is 1. The lowest BCUT2D eigenvalue weighted by Gasteiger charge is -2.22. The van der Waals surface area contributed by atoms with Crippen LogP contribution >= 0.6 is 23.7 Å². The monoisotopic (exact) mass is 514 g/mol. The molecule has 1 aromatic heterocycles. The molecule has 7 nitrogen and oxygen atoms in total. The van der Waals surface area contributed by atoms with E-state index in [9.17, 15) is 17.6 Å². The van der Waals surface area contributed by atoms with Gasteiger partial charge in [0.1, 0.15) is 11.3 Å². The lowest BCUT2D eigenvalue weighted by atomic mass is 10.2. The number of hydrogen-bond acceptors (Lipinski definition) is 6. The van der Waals surface area contributed by atoms with E-state index in [0.717, 1.165) is 0 Å². The van der Waals surface area contributed by atoms with Crippen molar-refractivity contribution in [2.75, 3.05) is 45.2 Å². The molecule has 0 spiro atoms. The van der Waals surface area contributed by atoms with E-state index in [0.29, 0.717) is 41.6 Å². The largest absolute Gasteiger partial charge is 0.308 e. The van der Waals surface area contributed by atoms with Crippen LogP contribution in [0.2, 0.25) is 0 Å². The van der Waals surface area contributed by atoms with Gasteiger partial charge in [-0.15, -0.1) is 12.4 Å². The van der Waals surface area contributed by atoms with Gasteiger partial charge in [0.25, 0.3) is 5.91 Å². The van der Waals surface area contributed by atoms with E-state index in [-0.39, 0.29) is 28.7 Å². The second-order valence-electron chi connectivity index (χ2n) is 7.46. The zero-order valence-electron chi connectivity index (χ0n) is 19.0. The fraction of sp³-hybridized carbons (Fsp3) is 0.364. The molecule has 1 heterocycles. The number of amides is 1. The van der Waals surface area contributed by atoms with Crippen molar-refractivity contribution in [3.05, 3.63) is 53.8 Å². The molecule has 0 N–H and O–H groups in total. The average molecular weight is 515 g/mol. The molecular weight excluding hydrogens is 487 g/mol. The van der Waals surface area contributed by atoms with Crippen molar-refractivity contribution < 1.29 is 17.6 Å². The van der Waals surface area contributed by atoms with Crippen LogP contribution in [0.5, 0.6) is 0 Å². The smallest absolute Gasteiger partial charge is 0.260 e. The number of hydrogen-bond donors (Lipinski definition) is 0. The molecule has 0 saturated heterocycles. The van der Waals surface area contributed by atoms with Crippen LogP contribution in [-0.2, 0) is 10.0 Å². The molecule has 0 aliphatic rings. The first-order valence-electron chi connectivity index (χ1n) is 10.3. The number of likely N-dealkylation sites (N-methyl/N-ethyl adjacent to an activating group) is 1. The van der Waals surface area contributed by atoms with Crippen molar-refractivity contribution >= 4 is 55.0 Å². The first-order valence-corrected chi connectivity index (χ1v) is 12.6. The summed E-state index contributed by atoms with van der Waals surface area (Å²) in [5, 5.41) is 0.400. The molecule has 0 aliphatic heterocycles. The molecule has 3 aromatic rings. The summed E-state index contributed by atoms with van der Waals surface area (Å²) in [6, 6.07) is 10.6. The van der Waals surface area contributed by atoms with E-state index in [4.69, 9.17) is 0 Å². The number of nitrogens with zero attached hydrogens (tertiary/aromatic N) is 4. The number of para-hydroxylation sites is 1. The molecule has 0 bridgehead atoms. The summed E-state index contributed by atoms with van der Waals surface area (Å²) < 4.78 is 41.6. The van der Waals surface area contributed by atoms with Crippen molar-refractivity contribution in [2.45, 2.75) is 18.7 Å². The zero-order valence-corrected chi connectivity index (χ0v) is 21.4. The summed E-state index contributed by atoms with van der Waals surface area (Å²) >= 11 is 1.24. The minimum Gasteiger partial charge on any atom is -0.308 e. The Morgan fingerprint density at radius 3 is 2.21 bits per heavy atom. The summed E-state index contributed by atoms with van der Waals surface area (Å²) in [6.07, 6.45) is 0. The number of anilines is 1. The summed E-state index contributed by atoms with van der Waals surface area (Å²) in [4.78, 5) is 21.3. The minimum absolute atomic E-state index is 0. The summed E-state index contributed by atoms with van der Waals surface area (Å²) in [6.45, 7) is 5.23. The number of rotatable bonds is 9. The standard InChI is InChI=1S/C22H27FN4O3S2.ClH/c1-5-26(6-2)32(29,30)17-12-10-16(11-13-17)21(28)27(15-14-25(3)4)22-24-20-18(23)8-7-9-19(20)31-22;/h7-13H,5-6,14-15H2,1-4H3;1H. The maximum absolute atomic E-state index is 14.2. The molecule has 11 heteroatoms. The Kier molecular flexibility index (Phi) is 9.33. The average Bonchev–Trinajstić information content (AvgIpc) is 3.19. The van der Waals surface area contributed by atoms with Gasteiger partial charge in [0.15, 0.2) is 5.13 Å². The molecule has 0 saturated carbocycles. The summed E-state index contributed by atoms with van der Waals surface area (Å²) in [5.41, 5.74) is 0.567. The topological polar surface area (TPSA) is 73.8 Å². The Bertz CT molecular complexity index is 1200. The fourth-order valence-electron chi connectivity index (χ4n) is 3.24. The third-order valence-electron chi connectivity index (χ3n) is 5.05. The molecule has 2 aromatic carbocycles. The van der Waals surface area contributed by atoms with Gasteiger partial charge in [-0.3, -0.25) is 9.69 Å². The Morgan fingerprint density at radius 1 is 1.03 bits per heavy atom. The van der Waals surface area contributed by atoms with E-state index in [2.05, 4.69) is 4.98 Å². The third kappa shape index (κ3) is 5.88. The zero-order chi connectivity index (χ0) is 23.5. The molecule has 0 aliphatic carbocycles. The van der Waals surface area contributed by atoms with Crippen LogP contribution in [0.4, 0.5) is 9.52 Å². The molecule has 1 amide bonds. The SMILES string of the molecule is CCN(CC)S(=O)(=O)c1ccc(C(=O)N(CCN(C)C)c2nc3c(F)cccc3s2)cc1.Cl. The van der Waals surface area contributed by atoms with Gasteiger partial charge in [-0.25, -0.2) is 17.8 Å². The molecule has 0 fully saturated rings. The number of carbonyl (C=O) groups is 1. The molecule has 0 atom stereocenters. The molecule has 3 rings (SSSR count). The van der Waals surface area contributed by atoms with E-state index >= 15 is 0 Å². The lowest BCUT2D eigenvalue weighted by molar-refractivity contribution is 0.0985. The highest BCUT2D eigenvalue weighted by Gasteiger charge is 2.25. The van der Waals surface area contributed by atoms with Crippen LogP contribution in [0, 0.1) is 5.82 Å². The first-order chi connectivity index (χ1) is 15.2. The predicted molar refractivity (Wildman–Crippen MR) is 134 cm³/mol. The highest BCUT2D eigenvalue weighted by Crippen LogP contribution is 2.31. The van der Waals surface area contributed by atoms with Crippen LogP contribution in [0.1, 0.15) is 24.2 Å². The number of thiazole rings is 1. The number of fused-ring (bicyclic) bond motifs is 1. The number of sulfonamides is 1. The van der Waals surface area contributed by atoms with Gasteiger partial charge in [-0.2, -0.15) is 4.31 Å². The van der Waals surface area contributed by atoms with Crippen molar-refractivity contribution in [3.8, 4) is 0 Å². The normalized spacial score (nSPS) is 11.7. The Morgan fingerprint density at radius 2 is 1.67 bits per heavy atom. The Balaban J connectivity index is 0.00000385. The quantitative estimate of drug-likeness (QED) is 0.430. The summed E-state index contributed by atoms with van der Waals surface area (Å²) in [5.74, 6) is -0.755. The second kappa shape index (κ2) is 11.3. The van der Waals surface area contributed by atoms with Crippen LogP contribution in [0.3, 0.4) is 0 Å². The van der Waals surface area contributed by atoms with Gasteiger partial charge in [-0.1, -0.05) is 31.3 Å². The highest BCUT2D eigenvalue weighted by molar-refractivity contribution is 7.89. The van der Waals surface area contributed by atoms with Gasteiger partial charge in [0.2, 0.25) is 10.0 Å². The van der Waals surface area contributed by atoms with Crippen LogP contribution < -0.4 is 4.90 Å². The number of aromatic nitrogens is 1. The van der Waals surface area contributed by atoms with Gasteiger partial charge in [-0.05, 0) is 50.5 Å². The van der Waals surface area contributed by atoms with E-state index in [1.54, 1.807) is 26.0 Å².